The number of aryl methyl sites for hydroxylation is 1. The second-order valence-electron chi connectivity index (χ2n) is 5.53. The standard InChI is InChI=1S/C13H22ClN5/c1-2-3-19-13(10(14)8-16-19)12(15)11-9-17-4-6-18(11)7-5-17/h8,11-12H,2-7,9,15H2,1H3. The van der Waals surface area contributed by atoms with Crippen LogP contribution < -0.4 is 5.73 Å². The van der Waals surface area contributed by atoms with Crippen molar-refractivity contribution in [1.82, 2.24) is 19.6 Å². The molecule has 19 heavy (non-hydrogen) atoms. The van der Waals surface area contributed by atoms with Gasteiger partial charge in [-0.15, -0.1) is 0 Å². The number of rotatable bonds is 4. The summed E-state index contributed by atoms with van der Waals surface area (Å²) in [5, 5.41) is 5.06. The summed E-state index contributed by atoms with van der Waals surface area (Å²) in [4.78, 5) is 5.00. The first-order chi connectivity index (χ1) is 9.20. The topological polar surface area (TPSA) is 50.3 Å². The van der Waals surface area contributed by atoms with Crippen molar-refractivity contribution in [3.63, 3.8) is 0 Å². The van der Waals surface area contributed by atoms with E-state index in [1.807, 2.05) is 4.68 Å². The van der Waals surface area contributed by atoms with E-state index in [0.29, 0.717) is 11.1 Å². The lowest BCUT2D eigenvalue weighted by molar-refractivity contribution is 0.00101. The van der Waals surface area contributed by atoms with Gasteiger partial charge >= 0.3 is 0 Å². The zero-order chi connectivity index (χ0) is 13.4. The molecule has 0 spiro atoms. The molecule has 0 aromatic carbocycles. The number of nitrogens with two attached hydrogens (primary N) is 1. The Hall–Kier alpha value is -0.620. The van der Waals surface area contributed by atoms with Crippen LogP contribution in [-0.4, -0.2) is 58.3 Å². The summed E-state index contributed by atoms with van der Waals surface area (Å²) >= 11 is 6.30. The van der Waals surface area contributed by atoms with Crippen molar-refractivity contribution in [2.24, 2.45) is 5.73 Å². The van der Waals surface area contributed by atoms with Gasteiger partial charge in [0.2, 0.25) is 0 Å². The zero-order valence-electron chi connectivity index (χ0n) is 11.4. The molecule has 1 aromatic rings. The van der Waals surface area contributed by atoms with Crippen LogP contribution in [0.5, 0.6) is 0 Å². The highest BCUT2D eigenvalue weighted by Crippen LogP contribution is 2.29. The third-order valence-electron chi connectivity index (χ3n) is 4.32. The molecule has 2 unspecified atom stereocenters. The van der Waals surface area contributed by atoms with E-state index in [0.717, 1.165) is 38.3 Å². The van der Waals surface area contributed by atoms with Gasteiger partial charge in [-0.1, -0.05) is 18.5 Å². The van der Waals surface area contributed by atoms with Crippen LogP contribution in [0, 0.1) is 0 Å². The van der Waals surface area contributed by atoms with Crippen LogP contribution in [-0.2, 0) is 6.54 Å². The Balaban J connectivity index is 1.83. The van der Waals surface area contributed by atoms with Gasteiger partial charge in [0.05, 0.1) is 23.0 Å². The molecule has 3 saturated heterocycles. The molecule has 0 amide bonds. The fraction of sp³-hybridized carbons (Fsp3) is 0.769. The average Bonchev–Trinajstić information content (AvgIpc) is 2.81. The van der Waals surface area contributed by atoms with E-state index in [-0.39, 0.29) is 6.04 Å². The van der Waals surface area contributed by atoms with Gasteiger partial charge in [-0.05, 0) is 6.42 Å². The third-order valence-corrected chi connectivity index (χ3v) is 4.61. The van der Waals surface area contributed by atoms with Gasteiger partial charge < -0.3 is 5.73 Å². The molecule has 3 fully saturated rings. The minimum Gasteiger partial charge on any atom is -0.321 e. The van der Waals surface area contributed by atoms with Crippen LogP contribution in [0.2, 0.25) is 5.02 Å². The Kier molecular flexibility index (Phi) is 3.80. The quantitative estimate of drug-likeness (QED) is 0.894. The molecule has 106 valence electrons. The molecule has 1 aromatic heterocycles. The monoisotopic (exact) mass is 283 g/mol. The van der Waals surface area contributed by atoms with Crippen LogP contribution in [0.15, 0.2) is 6.20 Å². The molecule has 0 radical (unpaired) electrons. The first-order valence-corrected chi connectivity index (χ1v) is 7.51. The van der Waals surface area contributed by atoms with E-state index in [2.05, 4.69) is 21.8 Å². The predicted octanol–water partition coefficient (Wildman–Crippen LogP) is 0.946. The summed E-state index contributed by atoms with van der Waals surface area (Å²) < 4.78 is 1.98. The average molecular weight is 284 g/mol. The number of hydrogen-bond acceptors (Lipinski definition) is 4. The summed E-state index contributed by atoms with van der Waals surface area (Å²) in [5.41, 5.74) is 7.52. The van der Waals surface area contributed by atoms with Crippen molar-refractivity contribution in [3.8, 4) is 0 Å². The summed E-state index contributed by atoms with van der Waals surface area (Å²) in [6.07, 6.45) is 2.77. The zero-order valence-corrected chi connectivity index (χ0v) is 12.2. The Morgan fingerprint density at radius 1 is 1.42 bits per heavy atom. The van der Waals surface area contributed by atoms with Crippen molar-refractivity contribution < 1.29 is 0 Å². The summed E-state index contributed by atoms with van der Waals surface area (Å²) in [7, 11) is 0. The highest BCUT2D eigenvalue weighted by atomic mass is 35.5. The van der Waals surface area contributed by atoms with Crippen molar-refractivity contribution >= 4 is 11.6 Å². The highest BCUT2D eigenvalue weighted by Gasteiger charge is 2.37. The van der Waals surface area contributed by atoms with Crippen molar-refractivity contribution in [1.29, 1.82) is 0 Å². The number of aromatic nitrogens is 2. The first kappa shape index (κ1) is 13.4. The number of hydrogen-bond donors (Lipinski definition) is 1. The lowest BCUT2D eigenvalue weighted by Crippen LogP contribution is -2.63. The van der Waals surface area contributed by atoms with Crippen LogP contribution >= 0.6 is 11.6 Å². The molecule has 4 heterocycles. The summed E-state index contributed by atoms with van der Waals surface area (Å²) in [5.74, 6) is 0. The SMILES string of the molecule is CCCn1ncc(Cl)c1C(N)C1CN2CCN1CC2. The Bertz CT molecular complexity index is 438. The number of nitrogens with zero attached hydrogens (tertiary/aromatic N) is 4. The molecule has 0 aliphatic carbocycles. The third kappa shape index (κ3) is 2.40. The van der Waals surface area contributed by atoms with Gasteiger partial charge in [0.1, 0.15) is 0 Å². The molecule has 6 heteroatoms. The lowest BCUT2D eigenvalue weighted by atomic mass is 9.98. The molecule has 3 aliphatic heterocycles. The van der Waals surface area contributed by atoms with Gasteiger partial charge in [0.15, 0.2) is 0 Å². The molecule has 3 aliphatic rings. The second-order valence-corrected chi connectivity index (χ2v) is 5.94. The Morgan fingerprint density at radius 2 is 2.16 bits per heavy atom. The molecule has 2 N–H and O–H groups in total. The second kappa shape index (κ2) is 5.40. The fourth-order valence-corrected chi connectivity index (χ4v) is 3.54. The smallest absolute Gasteiger partial charge is 0.0834 e. The fourth-order valence-electron chi connectivity index (χ4n) is 3.27. The minimum absolute atomic E-state index is 0.0513. The van der Waals surface area contributed by atoms with Crippen molar-refractivity contribution in [2.45, 2.75) is 32.0 Å². The first-order valence-electron chi connectivity index (χ1n) is 7.14. The molecule has 2 bridgehead atoms. The molecule has 2 atom stereocenters. The normalized spacial score (nSPS) is 31.6. The lowest BCUT2D eigenvalue weighted by Gasteiger charge is -2.49. The molecular weight excluding hydrogens is 262 g/mol. The van der Waals surface area contributed by atoms with E-state index in [4.69, 9.17) is 17.3 Å². The van der Waals surface area contributed by atoms with Gasteiger partial charge in [-0.3, -0.25) is 14.5 Å². The molecular formula is C13H22ClN5. The predicted molar refractivity (Wildman–Crippen MR) is 76.3 cm³/mol. The van der Waals surface area contributed by atoms with Gasteiger partial charge in [-0.25, -0.2) is 0 Å². The maximum absolute atomic E-state index is 6.52. The highest BCUT2D eigenvalue weighted by molar-refractivity contribution is 6.31. The Morgan fingerprint density at radius 3 is 2.74 bits per heavy atom. The van der Waals surface area contributed by atoms with Gasteiger partial charge in [-0.2, -0.15) is 5.10 Å². The molecule has 4 rings (SSSR count). The molecule has 0 saturated carbocycles. The van der Waals surface area contributed by atoms with E-state index in [1.165, 1.54) is 13.1 Å². The largest absolute Gasteiger partial charge is 0.321 e. The summed E-state index contributed by atoms with van der Waals surface area (Å²) in [6, 6.07) is 0.317. The van der Waals surface area contributed by atoms with Crippen LogP contribution in [0.25, 0.3) is 0 Å². The number of halogens is 1. The van der Waals surface area contributed by atoms with Crippen molar-refractivity contribution in [2.75, 3.05) is 32.7 Å². The summed E-state index contributed by atoms with van der Waals surface area (Å²) in [6.45, 7) is 8.66. The van der Waals surface area contributed by atoms with Crippen molar-refractivity contribution in [3.05, 3.63) is 16.9 Å². The maximum atomic E-state index is 6.52. The van der Waals surface area contributed by atoms with Crippen LogP contribution in [0.1, 0.15) is 25.1 Å². The Labute approximate surface area is 119 Å². The van der Waals surface area contributed by atoms with Crippen LogP contribution in [0.3, 0.4) is 0 Å². The van der Waals surface area contributed by atoms with Gasteiger partial charge in [0, 0.05) is 45.3 Å². The van der Waals surface area contributed by atoms with E-state index in [9.17, 15) is 0 Å². The molecule has 5 nitrogen and oxygen atoms in total. The van der Waals surface area contributed by atoms with E-state index >= 15 is 0 Å². The van der Waals surface area contributed by atoms with E-state index in [1.54, 1.807) is 6.20 Å². The number of piperazine rings is 3. The van der Waals surface area contributed by atoms with Crippen LogP contribution in [0.4, 0.5) is 0 Å². The minimum atomic E-state index is -0.0513. The number of fused-ring (bicyclic) bond motifs is 3. The van der Waals surface area contributed by atoms with E-state index < -0.39 is 0 Å². The maximum Gasteiger partial charge on any atom is 0.0834 e. The van der Waals surface area contributed by atoms with Gasteiger partial charge in [0.25, 0.3) is 0 Å².